The molecule has 0 aliphatic carbocycles. The number of thiophene rings is 1. The first-order valence-corrected chi connectivity index (χ1v) is 12.7. The fourth-order valence-corrected chi connectivity index (χ4v) is 4.93. The van der Waals surface area contributed by atoms with Gasteiger partial charge in [0.2, 0.25) is 0 Å². The van der Waals surface area contributed by atoms with Gasteiger partial charge in [0, 0.05) is 20.2 Å². The van der Waals surface area contributed by atoms with Crippen LogP contribution in [0.2, 0.25) is 10.0 Å². The van der Waals surface area contributed by atoms with E-state index in [1.807, 2.05) is 5.38 Å². The minimum absolute atomic E-state index is 0.0173. The highest BCUT2D eigenvalue weighted by atomic mass is 35.5. The monoisotopic (exact) mass is 529 g/mol. The maximum Gasteiger partial charge on any atom is 0.339 e. The molecule has 0 fully saturated rings. The fourth-order valence-electron chi connectivity index (χ4n) is 2.91. The summed E-state index contributed by atoms with van der Waals surface area (Å²) in [6.45, 7) is 0.923. The van der Waals surface area contributed by atoms with E-state index in [4.69, 9.17) is 36.9 Å². The molecule has 7 nitrogen and oxygen atoms in total. The Labute approximate surface area is 206 Å². The number of carbonyl (C=O) groups excluding carboxylic acids is 1. The summed E-state index contributed by atoms with van der Waals surface area (Å²) >= 11 is 13.2. The first kappa shape index (κ1) is 25.3. The molecule has 176 valence electrons. The molecule has 1 amide bonds. The third kappa shape index (κ3) is 6.39. The molecule has 0 spiro atoms. The standard InChI is InChI=1S/C22H21Cl2NO6S2/c1-29-10-9-25(22(26)21-4-3-11-32-21)14-15-5-8-19(30-2)20(12-15)31-33(27,28)16-6-7-17(23)18(24)13-16/h3-8,11-13H,9-10,14H2,1-2H3. The lowest BCUT2D eigenvalue weighted by Gasteiger charge is -2.22. The van der Waals surface area contributed by atoms with Crippen LogP contribution in [0.1, 0.15) is 15.2 Å². The van der Waals surface area contributed by atoms with Crippen molar-refractivity contribution in [3.8, 4) is 11.5 Å². The van der Waals surface area contributed by atoms with Crippen LogP contribution in [0.25, 0.3) is 0 Å². The second-order valence-corrected chi connectivity index (χ2v) is 10.1. The number of hydrogen-bond acceptors (Lipinski definition) is 7. The average Bonchev–Trinajstić information content (AvgIpc) is 3.33. The van der Waals surface area contributed by atoms with Gasteiger partial charge in [-0.05, 0) is 47.3 Å². The molecule has 0 aliphatic rings. The summed E-state index contributed by atoms with van der Waals surface area (Å²) in [7, 11) is -1.26. The van der Waals surface area contributed by atoms with E-state index in [0.717, 1.165) is 0 Å². The number of halogens is 2. The molecule has 1 aromatic heterocycles. The van der Waals surface area contributed by atoms with Crippen LogP contribution in [-0.2, 0) is 21.4 Å². The van der Waals surface area contributed by atoms with Gasteiger partial charge in [0.05, 0.1) is 28.6 Å². The maximum atomic E-state index is 12.9. The Morgan fingerprint density at radius 3 is 2.45 bits per heavy atom. The summed E-state index contributed by atoms with van der Waals surface area (Å²) in [4.78, 5) is 15.0. The summed E-state index contributed by atoms with van der Waals surface area (Å²) < 4.78 is 41.4. The van der Waals surface area contributed by atoms with Gasteiger partial charge in [-0.25, -0.2) is 0 Å². The first-order valence-electron chi connectivity index (χ1n) is 9.63. The highest BCUT2D eigenvalue weighted by molar-refractivity contribution is 7.87. The van der Waals surface area contributed by atoms with E-state index in [2.05, 4.69) is 0 Å². The van der Waals surface area contributed by atoms with Gasteiger partial charge in [-0.1, -0.05) is 35.3 Å². The van der Waals surface area contributed by atoms with Gasteiger partial charge in [-0.15, -0.1) is 11.3 Å². The number of benzene rings is 2. The van der Waals surface area contributed by atoms with Crippen LogP contribution in [0.3, 0.4) is 0 Å². The van der Waals surface area contributed by atoms with Gasteiger partial charge < -0.3 is 18.6 Å². The van der Waals surface area contributed by atoms with E-state index in [1.165, 1.54) is 42.7 Å². The SMILES string of the molecule is COCCN(Cc1ccc(OC)c(OS(=O)(=O)c2ccc(Cl)c(Cl)c2)c1)C(=O)c1cccs1. The number of nitrogens with zero attached hydrogens (tertiary/aromatic N) is 1. The number of methoxy groups -OCH3 is 2. The van der Waals surface area contributed by atoms with Gasteiger partial charge in [0.15, 0.2) is 11.5 Å². The molecule has 2 aromatic carbocycles. The topological polar surface area (TPSA) is 82.1 Å². The molecule has 11 heteroatoms. The summed E-state index contributed by atoms with van der Waals surface area (Å²) in [6, 6.07) is 12.3. The van der Waals surface area contributed by atoms with Crippen LogP contribution in [0.4, 0.5) is 0 Å². The quantitative estimate of drug-likeness (QED) is 0.339. The molecule has 0 atom stereocenters. The predicted molar refractivity (Wildman–Crippen MR) is 128 cm³/mol. The Bertz CT molecular complexity index is 1220. The van der Waals surface area contributed by atoms with Crippen molar-refractivity contribution in [2.45, 2.75) is 11.4 Å². The van der Waals surface area contributed by atoms with Gasteiger partial charge in [0.25, 0.3) is 5.91 Å². The highest BCUT2D eigenvalue weighted by Crippen LogP contribution is 2.33. The van der Waals surface area contributed by atoms with Crippen molar-refractivity contribution in [1.82, 2.24) is 4.90 Å². The lowest BCUT2D eigenvalue weighted by molar-refractivity contribution is 0.0685. The average molecular weight is 530 g/mol. The Kier molecular flexibility index (Phi) is 8.61. The van der Waals surface area contributed by atoms with Gasteiger partial charge in [-0.3, -0.25) is 4.79 Å². The van der Waals surface area contributed by atoms with Crippen molar-refractivity contribution in [3.05, 3.63) is 74.4 Å². The lowest BCUT2D eigenvalue weighted by Crippen LogP contribution is -2.33. The number of amides is 1. The van der Waals surface area contributed by atoms with Gasteiger partial charge >= 0.3 is 10.1 Å². The highest BCUT2D eigenvalue weighted by Gasteiger charge is 2.22. The molecule has 0 aliphatic heterocycles. The summed E-state index contributed by atoms with van der Waals surface area (Å²) in [5, 5.41) is 2.14. The Morgan fingerprint density at radius 1 is 1.03 bits per heavy atom. The van der Waals surface area contributed by atoms with Crippen LogP contribution in [-0.4, -0.2) is 46.6 Å². The molecule has 33 heavy (non-hydrogen) atoms. The van der Waals surface area contributed by atoms with Crippen molar-refractivity contribution < 1.29 is 26.9 Å². The Balaban J connectivity index is 1.88. The Hall–Kier alpha value is -2.30. The molecule has 3 rings (SSSR count). The predicted octanol–water partition coefficient (Wildman–Crippen LogP) is 5.12. The number of rotatable bonds is 10. The van der Waals surface area contributed by atoms with Crippen molar-refractivity contribution in [1.29, 1.82) is 0 Å². The van der Waals surface area contributed by atoms with E-state index in [1.54, 1.807) is 36.3 Å². The number of ether oxygens (including phenoxy) is 2. The van der Waals surface area contributed by atoms with Crippen molar-refractivity contribution >= 4 is 50.6 Å². The van der Waals surface area contributed by atoms with Crippen LogP contribution >= 0.6 is 34.5 Å². The lowest BCUT2D eigenvalue weighted by atomic mass is 10.2. The molecule has 0 saturated heterocycles. The Morgan fingerprint density at radius 2 is 1.82 bits per heavy atom. The second-order valence-electron chi connectivity index (χ2n) is 6.80. The molecular formula is C22H21Cl2NO6S2. The van der Waals surface area contributed by atoms with Gasteiger partial charge in [-0.2, -0.15) is 8.42 Å². The van der Waals surface area contributed by atoms with Crippen molar-refractivity contribution in [3.63, 3.8) is 0 Å². The third-order valence-electron chi connectivity index (χ3n) is 4.57. The van der Waals surface area contributed by atoms with Crippen LogP contribution in [0.5, 0.6) is 11.5 Å². The van der Waals surface area contributed by atoms with Crippen molar-refractivity contribution in [2.75, 3.05) is 27.4 Å². The smallest absolute Gasteiger partial charge is 0.339 e. The minimum Gasteiger partial charge on any atom is -0.493 e. The van der Waals surface area contributed by atoms with Crippen LogP contribution < -0.4 is 8.92 Å². The zero-order valence-electron chi connectivity index (χ0n) is 17.8. The fraction of sp³-hybridized carbons (Fsp3) is 0.227. The molecule has 1 heterocycles. The maximum absolute atomic E-state index is 12.9. The summed E-state index contributed by atoms with van der Waals surface area (Å²) in [5.41, 5.74) is 0.649. The minimum atomic E-state index is -4.22. The van der Waals surface area contributed by atoms with E-state index < -0.39 is 10.1 Å². The molecule has 0 radical (unpaired) electrons. The largest absolute Gasteiger partial charge is 0.493 e. The third-order valence-corrected chi connectivity index (χ3v) is 7.39. The zero-order chi connectivity index (χ0) is 24.0. The molecule has 0 N–H and O–H groups in total. The number of carbonyl (C=O) groups is 1. The second kappa shape index (κ2) is 11.2. The molecule has 3 aromatic rings. The van der Waals surface area contributed by atoms with E-state index in [9.17, 15) is 13.2 Å². The first-order chi connectivity index (χ1) is 15.7. The van der Waals surface area contributed by atoms with Crippen LogP contribution in [0, 0.1) is 0 Å². The van der Waals surface area contributed by atoms with Crippen LogP contribution in [0.15, 0.2) is 58.8 Å². The zero-order valence-corrected chi connectivity index (χ0v) is 20.9. The van der Waals surface area contributed by atoms with E-state index in [-0.39, 0.29) is 38.9 Å². The summed E-state index contributed by atoms with van der Waals surface area (Å²) in [5.74, 6) is 0.0514. The molecule has 0 unspecified atom stereocenters. The normalized spacial score (nSPS) is 11.3. The molecule has 0 saturated carbocycles. The van der Waals surface area contributed by atoms with E-state index in [0.29, 0.717) is 23.6 Å². The van der Waals surface area contributed by atoms with E-state index >= 15 is 0 Å². The van der Waals surface area contributed by atoms with Gasteiger partial charge in [0.1, 0.15) is 4.90 Å². The number of hydrogen-bond donors (Lipinski definition) is 0. The molecular weight excluding hydrogens is 509 g/mol. The summed E-state index contributed by atoms with van der Waals surface area (Å²) in [6.07, 6.45) is 0. The van der Waals surface area contributed by atoms with Crippen molar-refractivity contribution in [2.24, 2.45) is 0 Å². The molecule has 0 bridgehead atoms.